The normalized spacial score (nSPS) is 18.3. The van der Waals surface area contributed by atoms with Crippen molar-refractivity contribution in [1.29, 1.82) is 0 Å². The maximum atomic E-state index is 12.8. The van der Waals surface area contributed by atoms with E-state index in [1.54, 1.807) is 34.1 Å². The number of hydrogen-bond donors (Lipinski definition) is 1. The molecule has 2 N–H and O–H groups in total. The van der Waals surface area contributed by atoms with Gasteiger partial charge in [-0.15, -0.1) is 0 Å². The van der Waals surface area contributed by atoms with E-state index in [1.807, 2.05) is 24.3 Å². The molecule has 0 spiro atoms. The van der Waals surface area contributed by atoms with E-state index in [1.165, 1.54) is 0 Å². The van der Waals surface area contributed by atoms with Crippen molar-refractivity contribution < 1.29 is 14.3 Å². The number of benzene rings is 2. The Balaban J connectivity index is 1.31. The van der Waals surface area contributed by atoms with Crippen LogP contribution in [0, 0.1) is 0 Å². The molecule has 0 aromatic heterocycles. The molecule has 0 radical (unpaired) electrons. The number of nitrogens with zero attached hydrogens (tertiary/aromatic N) is 3. The predicted molar refractivity (Wildman–Crippen MR) is 126 cm³/mol. The Morgan fingerprint density at radius 3 is 2.22 bits per heavy atom. The molecule has 4 rings (SSSR count). The first-order valence-electron chi connectivity index (χ1n) is 11.4. The van der Waals surface area contributed by atoms with Gasteiger partial charge in [-0.25, -0.2) is 0 Å². The Kier molecular flexibility index (Phi) is 6.65. The highest BCUT2D eigenvalue weighted by molar-refractivity contribution is 6.01. The van der Waals surface area contributed by atoms with Crippen LogP contribution in [0.1, 0.15) is 37.0 Å². The van der Waals surface area contributed by atoms with E-state index in [2.05, 4.69) is 18.7 Å². The Morgan fingerprint density at radius 1 is 0.969 bits per heavy atom. The number of amides is 2. The van der Waals surface area contributed by atoms with Gasteiger partial charge >= 0.3 is 0 Å². The van der Waals surface area contributed by atoms with Crippen molar-refractivity contribution in [1.82, 2.24) is 9.80 Å². The van der Waals surface area contributed by atoms with E-state index < -0.39 is 0 Å². The molecule has 0 aliphatic carbocycles. The number of anilines is 2. The molecule has 2 aromatic rings. The van der Waals surface area contributed by atoms with Crippen LogP contribution >= 0.6 is 0 Å². The maximum absolute atomic E-state index is 12.8. The standard InChI is InChI=1S/C25H32N4O3/c1-18(2)27-13-11-23(12-14-27)32-22-9-7-21(8-10-22)29-16-15-28(17-24(29)30)25(31)19-3-5-20(26)6-4-19/h3-10,18,23H,11-17,26H2,1-2H3. The van der Waals surface area contributed by atoms with Crippen molar-refractivity contribution in [3.63, 3.8) is 0 Å². The van der Waals surface area contributed by atoms with E-state index in [0.29, 0.717) is 30.4 Å². The Hall–Kier alpha value is -3.06. The zero-order chi connectivity index (χ0) is 22.7. The van der Waals surface area contributed by atoms with Gasteiger partial charge < -0.3 is 25.2 Å². The van der Waals surface area contributed by atoms with Crippen LogP contribution in [-0.4, -0.2) is 66.5 Å². The van der Waals surface area contributed by atoms with E-state index in [9.17, 15) is 9.59 Å². The fourth-order valence-corrected chi connectivity index (χ4v) is 4.33. The van der Waals surface area contributed by atoms with Gasteiger partial charge in [0.15, 0.2) is 0 Å². The molecular formula is C25H32N4O3. The molecule has 2 fully saturated rings. The first-order chi connectivity index (χ1) is 15.4. The first-order valence-corrected chi connectivity index (χ1v) is 11.4. The van der Waals surface area contributed by atoms with E-state index >= 15 is 0 Å². The Morgan fingerprint density at radius 2 is 1.62 bits per heavy atom. The first kappa shape index (κ1) is 22.1. The highest BCUT2D eigenvalue weighted by atomic mass is 16.5. The van der Waals surface area contributed by atoms with Gasteiger partial charge in [0, 0.05) is 49.2 Å². The lowest BCUT2D eigenvalue weighted by Gasteiger charge is -2.35. The van der Waals surface area contributed by atoms with Crippen molar-refractivity contribution in [3.8, 4) is 5.75 Å². The maximum Gasteiger partial charge on any atom is 0.254 e. The smallest absolute Gasteiger partial charge is 0.254 e. The van der Waals surface area contributed by atoms with Crippen molar-refractivity contribution in [2.45, 2.75) is 38.8 Å². The van der Waals surface area contributed by atoms with Gasteiger partial charge in [-0.2, -0.15) is 0 Å². The highest BCUT2D eigenvalue weighted by Crippen LogP contribution is 2.25. The second-order valence-corrected chi connectivity index (χ2v) is 8.83. The summed E-state index contributed by atoms with van der Waals surface area (Å²) in [5.74, 6) is 0.599. The summed E-state index contributed by atoms with van der Waals surface area (Å²) in [4.78, 5) is 31.2. The molecule has 170 valence electrons. The van der Waals surface area contributed by atoms with Crippen LogP contribution in [0.5, 0.6) is 5.75 Å². The van der Waals surface area contributed by atoms with Gasteiger partial charge in [0.1, 0.15) is 18.4 Å². The van der Waals surface area contributed by atoms with E-state index in [0.717, 1.165) is 37.4 Å². The molecule has 2 heterocycles. The van der Waals surface area contributed by atoms with Gasteiger partial charge in [-0.3, -0.25) is 9.59 Å². The number of piperazine rings is 1. The average molecular weight is 437 g/mol. The minimum atomic E-state index is -0.148. The van der Waals surface area contributed by atoms with Gasteiger partial charge in [0.05, 0.1) is 0 Å². The number of nitrogen functional groups attached to an aromatic ring is 1. The molecule has 7 heteroatoms. The predicted octanol–water partition coefficient (Wildman–Crippen LogP) is 3.01. The van der Waals surface area contributed by atoms with Crippen LogP contribution in [0.15, 0.2) is 48.5 Å². The van der Waals surface area contributed by atoms with Gasteiger partial charge in [-0.1, -0.05) is 0 Å². The molecule has 2 amide bonds. The minimum Gasteiger partial charge on any atom is -0.490 e. The number of rotatable bonds is 5. The Labute approximate surface area is 189 Å². The third-order valence-corrected chi connectivity index (χ3v) is 6.32. The second-order valence-electron chi connectivity index (χ2n) is 8.83. The van der Waals surface area contributed by atoms with Crippen LogP contribution in [0.4, 0.5) is 11.4 Å². The summed E-state index contributed by atoms with van der Waals surface area (Å²) < 4.78 is 6.17. The zero-order valence-electron chi connectivity index (χ0n) is 18.9. The summed E-state index contributed by atoms with van der Waals surface area (Å²) in [6.07, 6.45) is 2.30. The van der Waals surface area contributed by atoms with Crippen molar-refractivity contribution >= 4 is 23.2 Å². The molecule has 0 bridgehead atoms. The lowest BCUT2D eigenvalue weighted by Crippen LogP contribution is -2.52. The van der Waals surface area contributed by atoms with Gasteiger partial charge in [0.2, 0.25) is 5.91 Å². The van der Waals surface area contributed by atoms with Crippen molar-refractivity contribution in [2.24, 2.45) is 0 Å². The molecule has 0 saturated carbocycles. The molecule has 0 atom stereocenters. The quantitative estimate of drug-likeness (QED) is 0.729. The summed E-state index contributed by atoms with van der Waals surface area (Å²) in [5.41, 5.74) is 7.67. The number of nitrogens with two attached hydrogens (primary N) is 1. The average Bonchev–Trinajstić information content (AvgIpc) is 2.80. The van der Waals surface area contributed by atoms with E-state index in [-0.39, 0.29) is 24.5 Å². The van der Waals surface area contributed by atoms with Crippen LogP contribution in [-0.2, 0) is 4.79 Å². The molecule has 7 nitrogen and oxygen atoms in total. The number of carbonyl (C=O) groups excluding carboxylic acids is 2. The highest BCUT2D eigenvalue weighted by Gasteiger charge is 2.29. The number of carbonyl (C=O) groups is 2. The van der Waals surface area contributed by atoms with Gasteiger partial charge in [-0.05, 0) is 75.2 Å². The second kappa shape index (κ2) is 9.61. The largest absolute Gasteiger partial charge is 0.490 e. The van der Waals surface area contributed by atoms with Crippen LogP contribution < -0.4 is 15.4 Å². The Bertz CT molecular complexity index is 935. The van der Waals surface area contributed by atoms with Crippen LogP contribution in [0.25, 0.3) is 0 Å². The lowest BCUT2D eigenvalue weighted by atomic mass is 10.1. The van der Waals surface area contributed by atoms with E-state index in [4.69, 9.17) is 10.5 Å². The summed E-state index contributed by atoms with van der Waals surface area (Å²) in [5, 5.41) is 0. The minimum absolute atomic E-state index is 0.0654. The third kappa shape index (κ3) is 5.05. The summed E-state index contributed by atoms with van der Waals surface area (Å²) in [6.45, 7) is 7.61. The number of ether oxygens (including phenoxy) is 1. The summed E-state index contributed by atoms with van der Waals surface area (Å²) in [6, 6.07) is 15.1. The summed E-state index contributed by atoms with van der Waals surface area (Å²) >= 11 is 0. The molecule has 2 aliphatic heterocycles. The topological polar surface area (TPSA) is 79.1 Å². The molecule has 2 aliphatic rings. The summed E-state index contributed by atoms with van der Waals surface area (Å²) in [7, 11) is 0. The number of piperidine rings is 1. The van der Waals surface area contributed by atoms with Gasteiger partial charge in [0.25, 0.3) is 5.91 Å². The lowest BCUT2D eigenvalue weighted by molar-refractivity contribution is -0.120. The monoisotopic (exact) mass is 436 g/mol. The third-order valence-electron chi connectivity index (χ3n) is 6.32. The number of hydrogen-bond acceptors (Lipinski definition) is 5. The van der Waals surface area contributed by atoms with Crippen LogP contribution in [0.3, 0.4) is 0 Å². The SMILES string of the molecule is CC(C)N1CCC(Oc2ccc(N3CCN(C(=O)c4ccc(N)cc4)CC3=O)cc2)CC1. The fraction of sp³-hybridized carbons (Fsp3) is 0.440. The zero-order valence-corrected chi connectivity index (χ0v) is 18.9. The molecule has 2 saturated heterocycles. The van der Waals surface area contributed by atoms with Crippen molar-refractivity contribution in [2.75, 3.05) is 43.4 Å². The van der Waals surface area contributed by atoms with Crippen molar-refractivity contribution in [3.05, 3.63) is 54.1 Å². The molecular weight excluding hydrogens is 404 g/mol. The molecule has 2 aromatic carbocycles. The van der Waals surface area contributed by atoms with Crippen LogP contribution in [0.2, 0.25) is 0 Å². The molecule has 0 unspecified atom stereocenters. The fourth-order valence-electron chi connectivity index (χ4n) is 4.33. The number of likely N-dealkylation sites (tertiary alicyclic amines) is 1. The molecule has 32 heavy (non-hydrogen) atoms.